The van der Waals surface area contributed by atoms with Gasteiger partial charge in [0.15, 0.2) is 10.9 Å². The third-order valence-electron chi connectivity index (χ3n) is 4.28. The average molecular weight is 408 g/mol. The van der Waals surface area contributed by atoms with Crippen LogP contribution in [0.5, 0.6) is 0 Å². The van der Waals surface area contributed by atoms with E-state index >= 15 is 0 Å². The predicted octanol–water partition coefficient (Wildman–Crippen LogP) is 4.22. The fourth-order valence-electron chi connectivity index (χ4n) is 3.00. The second-order valence-corrected chi connectivity index (χ2v) is 7.54. The van der Waals surface area contributed by atoms with Gasteiger partial charge in [-0.2, -0.15) is 0 Å². The number of rotatable bonds is 3. The van der Waals surface area contributed by atoms with Crippen LogP contribution < -0.4 is 10.2 Å². The quantitative estimate of drug-likeness (QED) is 0.707. The van der Waals surface area contributed by atoms with Gasteiger partial charge in [0.1, 0.15) is 11.3 Å². The number of anilines is 2. The summed E-state index contributed by atoms with van der Waals surface area (Å²) in [4.78, 5) is 30.3. The Bertz CT molecular complexity index is 1070. The van der Waals surface area contributed by atoms with Crippen molar-refractivity contribution in [2.75, 3.05) is 16.8 Å². The number of hydrogen-bond acceptors (Lipinski definition) is 4. The fourth-order valence-corrected chi connectivity index (χ4v) is 4.15. The van der Waals surface area contributed by atoms with Gasteiger partial charge in [0.2, 0.25) is 11.8 Å². The fraction of sp³-hybridized carbons (Fsp3) is 0.167. The molecule has 0 spiro atoms. The number of nitrogens with one attached hydrogen (secondary N) is 1. The van der Waals surface area contributed by atoms with Crippen molar-refractivity contribution >= 4 is 55.8 Å². The van der Waals surface area contributed by atoms with Crippen molar-refractivity contribution in [3.05, 3.63) is 53.1 Å². The standard InChI is InChI=1S/C18H12ClF2N3O2S/c19-11-3-1-2-4-13(11)24-8-9(5-15(24)25)17(26)23-18-22-16-12(21)6-10(20)7-14(16)27-18/h1-4,6-7,9H,5,8H2,(H,22,23,26). The molecule has 1 unspecified atom stereocenters. The van der Waals surface area contributed by atoms with E-state index in [1.807, 2.05) is 0 Å². The highest BCUT2D eigenvalue weighted by Crippen LogP contribution is 2.33. The van der Waals surface area contributed by atoms with E-state index < -0.39 is 23.5 Å². The molecule has 1 aromatic heterocycles. The molecular weight excluding hydrogens is 396 g/mol. The number of benzene rings is 2. The third-order valence-corrected chi connectivity index (χ3v) is 5.52. The number of para-hydroxylation sites is 1. The van der Waals surface area contributed by atoms with E-state index in [0.29, 0.717) is 15.4 Å². The highest BCUT2D eigenvalue weighted by atomic mass is 35.5. The third kappa shape index (κ3) is 3.38. The Balaban J connectivity index is 1.52. The monoisotopic (exact) mass is 407 g/mol. The first-order valence-electron chi connectivity index (χ1n) is 8.03. The van der Waals surface area contributed by atoms with E-state index in [2.05, 4.69) is 10.3 Å². The van der Waals surface area contributed by atoms with E-state index in [-0.39, 0.29) is 29.5 Å². The molecule has 1 atom stereocenters. The molecule has 5 nitrogen and oxygen atoms in total. The first kappa shape index (κ1) is 17.8. The van der Waals surface area contributed by atoms with Crippen LogP contribution in [0.4, 0.5) is 19.6 Å². The molecule has 1 N–H and O–H groups in total. The summed E-state index contributed by atoms with van der Waals surface area (Å²) >= 11 is 7.10. The van der Waals surface area contributed by atoms with E-state index in [0.717, 1.165) is 23.5 Å². The second-order valence-electron chi connectivity index (χ2n) is 6.10. The van der Waals surface area contributed by atoms with Gasteiger partial charge in [-0.15, -0.1) is 0 Å². The Kier molecular flexibility index (Phi) is 4.53. The number of halogens is 3. The Labute approximate surface area is 161 Å². The zero-order valence-electron chi connectivity index (χ0n) is 13.7. The number of thiazole rings is 1. The molecule has 2 aromatic carbocycles. The summed E-state index contributed by atoms with van der Waals surface area (Å²) in [7, 11) is 0. The zero-order chi connectivity index (χ0) is 19.1. The predicted molar refractivity (Wildman–Crippen MR) is 100 cm³/mol. The van der Waals surface area contributed by atoms with Crippen LogP contribution in [0.25, 0.3) is 10.2 Å². The molecule has 1 aliphatic heterocycles. The zero-order valence-corrected chi connectivity index (χ0v) is 15.3. The molecule has 1 aliphatic rings. The molecule has 0 aliphatic carbocycles. The largest absolute Gasteiger partial charge is 0.310 e. The molecule has 27 heavy (non-hydrogen) atoms. The van der Waals surface area contributed by atoms with Gasteiger partial charge in [-0.3, -0.25) is 9.59 Å². The van der Waals surface area contributed by atoms with Gasteiger partial charge in [-0.25, -0.2) is 13.8 Å². The molecule has 2 amide bonds. The van der Waals surface area contributed by atoms with Crippen molar-refractivity contribution in [2.45, 2.75) is 6.42 Å². The SMILES string of the molecule is O=C(Nc1nc2c(F)cc(F)cc2s1)C1CC(=O)N(c2ccccc2Cl)C1. The summed E-state index contributed by atoms with van der Waals surface area (Å²) in [5.74, 6) is -2.71. The van der Waals surface area contributed by atoms with Crippen LogP contribution in [0.2, 0.25) is 5.02 Å². The van der Waals surface area contributed by atoms with E-state index in [4.69, 9.17) is 11.6 Å². The summed E-state index contributed by atoms with van der Waals surface area (Å²) in [6.07, 6.45) is 0.0327. The molecule has 138 valence electrons. The van der Waals surface area contributed by atoms with Crippen molar-refractivity contribution in [3.63, 3.8) is 0 Å². The van der Waals surface area contributed by atoms with Crippen LogP contribution in [0, 0.1) is 17.6 Å². The summed E-state index contributed by atoms with van der Waals surface area (Å²) in [5, 5.41) is 3.18. The van der Waals surface area contributed by atoms with Crippen molar-refractivity contribution in [2.24, 2.45) is 5.92 Å². The van der Waals surface area contributed by atoms with Crippen molar-refractivity contribution in [1.82, 2.24) is 4.98 Å². The van der Waals surface area contributed by atoms with Gasteiger partial charge in [0.25, 0.3) is 0 Å². The minimum Gasteiger partial charge on any atom is -0.310 e. The van der Waals surface area contributed by atoms with Crippen molar-refractivity contribution < 1.29 is 18.4 Å². The first-order chi connectivity index (χ1) is 12.9. The summed E-state index contributed by atoms with van der Waals surface area (Å²) in [6, 6.07) is 8.80. The van der Waals surface area contributed by atoms with Crippen LogP contribution in [0.15, 0.2) is 36.4 Å². The minimum atomic E-state index is -0.789. The van der Waals surface area contributed by atoms with E-state index in [1.165, 1.54) is 4.90 Å². The molecule has 0 radical (unpaired) electrons. The highest BCUT2D eigenvalue weighted by Gasteiger charge is 2.36. The van der Waals surface area contributed by atoms with Gasteiger partial charge in [-0.05, 0) is 18.2 Å². The Morgan fingerprint density at radius 1 is 1.30 bits per heavy atom. The van der Waals surface area contributed by atoms with Crippen molar-refractivity contribution in [3.8, 4) is 0 Å². The average Bonchev–Trinajstić information content (AvgIpc) is 3.19. The van der Waals surface area contributed by atoms with Crippen LogP contribution in [-0.2, 0) is 9.59 Å². The van der Waals surface area contributed by atoms with Crippen LogP contribution in [-0.4, -0.2) is 23.3 Å². The molecule has 0 bridgehead atoms. The van der Waals surface area contributed by atoms with E-state index in [1.54, 1.807) is 24.3 Å². The Morgan fingerprint density at radius 2 is 2.07 bits per heavy atom. The van der Waals surface area contributed by atoms with Crippen LogP contribution >= 0.6 is 22.9 Å². The molecule has 0 saturated carbocycles. The number of amides is 2. The lowest BCUT2D eigenvalue weighted by molar-refractivity contribution is -0.122. The van der Waals surface area contributed by atoms with Gasteiger partial charge in [-0.1, -0.05) is 35.1 Å². The molecular formula is C18H12ClF2N3O2S. The second kappa shape index (κ2) is 6.86. The normalized spacial score (nSPS) is 16.9. The number of fused-ring (bicyclic) bond motifs is 1. The smallest absolute Gasteiger partial charge is 0.231 e. The molecule has 1 fully saturated rings. The van der Waals surface area contributed by atoms with E-state index in [9.17, 15) is 18.4 Å². The number of aromatic nitrogens is 1. The maximum atomic E-state index is 13.8. The van der Waals surface area contributed by atoms with Gasteiger partial charge >= 0.3 is 0 Å². The van der Waals surface area contributed by atoms with Crippen molar-refractivity contribution in [1.29, 1.82) is 0 Å². The molecule has 2 heterocycles. The molecule has 3 aromatic rings. The number of nitrogens with zero attached hydrogens (tertiary/aromatic N) is 2. The number of carbonyl (C=O) groups excluding carboxylic acids is 2. The number of hydrogen-bond donors (Lipinski definition) is 1. The minimum absolute atomic E-state index is 0.00288. The summed E-state index contributed by atoms with van der Waals surface area (Å²) < 4.78 is 27.3. The lowest BCUT2D eigenvalue weighted by atomic mass is 10.1. The lowest BCUT2D eigenvalue weighted by Crippen LogP contribution is -2.28. The Morgan fingerprint density at radius 3 is 2.85 bits per heavy atom. The highest BCUT2D eigenvalue weighted by molar-refractivity contribution is 7.22. The topological polar surface area (TPSA) is 62.3 Å². The van der Waals surface area contributed by atoms with Crippen LogP contribution in [0.3, 0.4) is 0 Å². The van der Waals surface area contributed by atoms with Gasteiger partial charge in [0, 0.05) is 19.0 Å². The van der Waals surface area contributed by atoms with Gasteiger partial charge < -0.3 is 10.2 Å². The molecule has 1 saturated heterocycles. The summed E-state index contributed by atoms with van der Waals surface area (Å²) in [6.45, 7) is 0.183. The lowest BCUT2D eigenvalue weighted by Gasteiger charge is -2.17. The maximum absolute atomic E-state index is 13.8. The maximum Gasteiger partial charge on any atom is 0.231 e. The van der Waals surface area contributed by atoms with Crippen LogP contribution in [0.1, 0.15) is 6.42 Å². The summed E-state index contributed by atoms with van der Waals surface area (Å²) in [5.41, 5.74) is 0.550. The Hall–Kier alpha value is -2.58. The molecule has 9 heteroatoms. The first-order valence-corrected chi connectivity index (χ1v) is 9.23. The van der Waals surface area contributed by atoms with Gasteiger partial charge in [0.05, 0.1) is 21.3 Å². The molecule has 4 rings (SSSR count). The number of carbonyl (C=O) groups is 2.